The van der Waals surface area contributed by atoms with Crippen LogP contribution < -0.4 is 4.74 Å². The fourth-order valence-corrected chi connectivity index (χ4v) is 1.36. The quantitative estimate of drug-likeness (QED) is 0.464. The molecule has 0 aliphatic carbocycles. The second-order valence-corrected chi connectivity index (χ2v) is 3.31. The standard InChI is InChI=1S/C10H12FN3O3/c1-17-9-3-2-6(11)4-7(9)10(16)8(15)5-13-14-12/h2-4,8,10,15-16H,5H2,1H3. The third-order valence-corrected chi connectivity index (χ3v) is 2.21. The Morgan fingerprint density at radius 2 is 2.24 bits per heavy atom. The van der Waals surface area contributed by atoms with Gasteiger partial charge in [-0.25, -0.2) is 4.39 Å². The van der Waals surface area contributed by atoms with Crippen LogP contribution in [0, 0.1) is 5.82 Å². The number of hydrogen-bond acceptors (Lipinski definition) is 4. The van der Waals surface area contributed by atoms with Crippen LogP contribution in [-0.4, -0.2) is 30.0 Å². The van der Waals surface area contributed by atoms with Crippen LogP contribution in [0.25, 0.3) is 10.4 Å². The summed E-state index contributed by atoms with van der Waals surface area (Å²) in [6, 6.07) is 3.58. The largest absolute Gasteiger partial charge is 0.496 e. The minimum Gasteiger partial charge on any atom is -0.496 e. The van der Waals surface area contributed by atoms with E-state index in [-0.39, 0.29) is 17.9 Å². The van der Waals surface area contributed by atoms with Crippen molar-refractivity contribution in [1.82, 2.24) is 0 Å². The number of methoxy groups -OCH3 is 1. The van der Waals surface area contributed by atoms with E-state index in [1.807, 2.05) is 0 Å². The van der Waals surface area contributed by atoms with Crippen LogP contribution in [0.15, 0.2) is 23.3 Å². The SMILES string of the molecule is COc1ccc(F)cc1C(O)C(O)CN=[N+]=[N-]. The van der Waals surface area contributed by atoms with Crippen LogP contribution in [0.3, 0.4) is 0 Å². The highest BCUT2D eigenvalue weighted by Gasteiger charge is 2.21. The number of aliphatic hydroxyl groups is 2. The lowest BCUT2D eigenvalue weighted by atomic mass is 10.0. The van der Waals surface area contributed by atoms with Gasteiger partial charge in [0.25, 0.3) is 0 Å². The number of azide groups is 1. The van der Waals surface area contributed by atoms with E-state index in [0.717, 1.165) is 6.07 Å². The molecule has 6 nitrogen and oxygen atoms in total. The number of hydrogen-bond donors (Lipinski definition) is 2. The molecule has 2 atom stereocenters. The van der Waals surface area contributed by atoms with Gasteiger partial charge in [-0.3, -0.25) is 0 Å². The van der Waals surface area contributed by atoms with Crippen molar-refractivity contribution >= 4 is 0 Å². The summed E-state index contributed by atoms with van der Waals surface area (Å²) >= 11 is 0. The van der Waals surface area contributed by atoms with Crippen molar-refractivity contribution in [2.24, 2.45) is 5.11 Å². The Kier molecular flexibility index (Phi) is 4.71. The lowest BCUT2D eigenvalue weighted by molar-refractivity contribution is 0.0228. The Bertz CT molecular complexity index is 435. The summed E-state index contributed by atoms with van der Waals surface area (Å²) in [7, 11) is 1.36. The fourth-order valence-electron chi connectivity index (χ4n) is 1.36. The van der Waals surface area contributed by atoms with Crippen LogP contribution in [0.5, 0.6) is 5.75 Å². The summed E-state index contributed by atoms with van der Waals surface area (Å²) in [4.78, 5) is 2.46. The van der Waals surface area contributed by atoms with E-state index in [2.05, 4.69) is 10.0 Å². The molecule has 0 saturated heterocycles. The summed E-state index contributed by atoms with van der Waals surface area (Å²) < 4.78 is 18.0. The molecule has 0 aromatic heterocycles. The smallest absolute Gasteiger partial charge is 0.124 e. The number of aliphatic hydroxyl groups excluding tert-OH is 2. The zero-order valence-electron chi connectivity index (χ0n) is 9.12. The van der Waals surface area contributed by atoms with Crippen molar-refractivity contribution in [2.45, 2.75) is 12.2 Å². The summed E-state index contributed by atoms with van der Waals surface area (Å²) in [6.07, 6.45) is -2.70. The van der Waals surface area contributed by atoms with Gasteiger partial charge in [0.15, 0.2) is 0 Å². The van der Waals surface area contributed by atoms with Gasteiger partial charge in [-0.2, -0.15) is 0 Å². The van der Waals surface area contributed by atoms with Gasteiger partial charge < -0.3 is 14.9 Å². The minimum absolute atomic E-state index is 0.105. The second-order valence-electron chi connectivity index (χ2n) is 3.31. The van der Waals surface area contributed by atoms with Gasteiger partial charge in [0.05, 0.1) is 19.8 Å². The van der Waals surface area contributed by atoms with E-state index >= 15 is 0 Å². The Hall–Kier alpha value is -1.82. The molecular weight excluding hydrogens is 229 g/mol. The monoisotopic (exact) mass is 241 g/mol. The predicted molar refractivity (Wildman–Crippen MR) is 57.9 cm³/mol. The summed E-state index contributed by atoms with van der Waals surface area (Å²) in [5, 5.41) is 22.4. The van der Waals surface area contributed by atoms with Gasteiger partial charge in [-0.05, 0) is 23.7 Å². The van der Waals surface area contributed by atoms with Gasteiger partial charge in [-0.1, -0.05) is 5.11 Å². The van der Waals surface area contributed by atoms with E-state index in [1.54, 1.807) is 0 Å². The summed E-state index contributed by atoms with van der Waals surface area (Å²) in [6.45, 7) is -0.308. The van der Waals surface area contributed by atoms with Crippen molar-refractivity contribution in [3.63, 3.8) is 0 Å². The van der Waals surface area contributed by atoms with Gasteiger partial charge >= 0.3 is 0 Å². The minimum atomic E-state index is -1.38. The topological polar surface area (TPSA) is 98.5 Å². The van der Waals surface area contributed by atoms with Crippen LogP contribution in [-0.2, 0) is 0 Å². The maximum atomic E-state index is 13.0. The van der Waals surface area contributed by atoms with Crippen LogP contribution >= 0.6 is 0 Å². The molecule has 0 radical (unpaired) electrons. The molecule has 2 N–H and O–H groups in total. The molecule has 1 aromatic carbocycles. The molecule has 0 aliphatic heterocycles. The molecule has 0 fully saturated rings. The molecule has 0 aliphatic rings. The fraction of sp³-hybridized carbons (Fsp3) is 0.400. The molecule has 7 heteroatoms. The maximum absolute atomic E-state index is 13.0. The first-order valence-electron chi connectivity index (χ1n) is 4.80. The van der Waals surface area contributed by atoms with E-state index in [1.165, 1.54) is 19.2 Å². The average molecular weight is 241 g/mol. The van der Waals surface area contributed by atoms with Crippen LogP contribution in [0.1, 0.15) is 11.7 Å². The van der Waals surface area contributed by atoms with Crippen LogP contribution in [0.2, 0.25) is 0 Å². The Morgan fingerprint density at radius 3 is 2.82 bits per heavy atom. The van der Waals surface area contributed by atoms with Crippen LogP contribution in [0.4, 0.5) is 4.39 Å². The van der Waals surface area contributed by atoms with Crippen molar-refractivity contribution in [3.05, 3.63) is 40.0 Å². The van der Waals surface area contributed by atoms with E-state index in [0.29, 0.717) is 0 Å². The van der Waals surface area contributed by atoms with Crippen molar-refractivity contribution in [1.29, 1.82) is 0 Å². The van der Waals surface area contributed by atoms with E-state index < -0.39 is 18.0 Å². The first-order chi connectivity index (χ1) is 8.10. The number of benzene rings is 1. The molecule has 0 amide bonds. The average Bonchev–Trinajstić information content (AvgIpc) is 2.34. The Labute approximate surface area is 96.9 Å². The molecular formula is C10H12FN3O3. The van der Waals surface area contributed by atoms with E-state index in [4.69, 9.17) is 10.3 Å². The maximum Gasteiger partial charge on any atom is 0.124 e. The highest BCUT2D eigenvalue weighted by Crippen LogP contribution is 2.28. The number of halogens is 1. The predicted octanol–water partition coefficient (Wildman–Crippen LogP) is 1.54. The summed E-state index contributed by atoms with van der Waals surface area (Å²) in [5.41, 5.74) is 8.20. The molecule has 0 saturated carbocycles. The zero-order chi connectivity index (χ0) is 12.8. The van der Waals surface area contributed by atoms with Gasteiger partial charge in [0.2, 0.25) is 0 Å². The summed E-state index contributed by atoms with van der Waals surface area (Å²) in [5.74, 6) is -0.310. The van der Waals surface area contributed by atoms with Crippen molar-refractivity contribution in [3.8, 4) is 5.75 Å². The number of rotatable bonds is 5. The molecule has 1 rings (SSSR count). The lowest BCUT2D eigenvalue weighted by Gasteiger charge is -2.18. The molecule has 2 unspecified atom stereocenters. The third-order valence-electron chi connectivity index (χ3n) is 2.21. The molecule has 0 bridgehead atoms. The van der Waals surface area contributed by atoms with Gasteiger partial charge in [-0.15, -0.1) is 0 Å². The lowest BCUT2D eigenvalue weighted by Crippen LogP contribution is -2.21. The molecule has 1 aromatic rings. The van der Waals surface area contributed by atoms with Crippen molar-refractivity contribution in [2.75, 3.05) is 13.7 Å². The second kappa shape index (κ2) is 6.05. The van der Waals surface area contributed by atoms with Gasteiger partial charge in [0, 0.05) is 10.5 Å². The third kappa shape index (κ3) is 3.32. The first kappa shape index (κ1) is 13.2. The highest BCUT2D eigenvalue weighted by molar-refractivity contribution is 5.36. The van der Waals surface area contributed by atoms with E-state index in [9.17, 15) is 14.6 Å². The Morgan fingerprint density at radius 1 is 1.53 bits per heavy atom. The Balaban J connectivity index is 2.97. The molecule has 17 heavy (non-hydrogen) atoms. The number of nitrogens with zero attached hydrogens (tertiary/aromatic N) is 3. The van der Waals surface area contributed by atoms with Gasteiger partial charge in [0.1, 0.15) is 17.7 Å². The number of ether oxygens (including phenoxy) is 1. The zero-order valence-corrected chi connectivity index (χ0v) is 9.12. The highest BCUT2D eigenvalue weighted by atomic mass is 19.1. The first-order valence-corrected chi connectivity index (χ1v) is 4.80. The van der Waals surface area contributed by atoms with Crippen molar-refractivity contribution < 1.29 is 19.3 Å². The normalized spacial score (nSPS) is 13.6. The molecule has 92 valence electrons. The molecule has 0 spiro atoms. The molecule has 0 heterocycles.